The zero-order chi connectivity index (χ0) is 14.9. The predicted octanol–water partition coefficient (Wildman–Crippen LogP) is 3.08. The molecule has 112 valence electrons. The molecular weight excluding hydrogens is 262 g/mol. The lowest BCUT2D eigenvalue weighted by atomic mass is 10.1. The van der Waals surface area contributed by atoms with Crippen LogP contribution < -0.4 is 4.74 Å². The van der Waals surface area contributed by atoms with Crippen molar-refractivity contribution in [2.45, 2.75) is 19.5 Å². The van der Waals surface area contributed by atoms with E-state index >= 15 is 0 Å². The minimum atomic E-state index is 0.230. The van der Waals surface area contributed by atoms with Crippen molar-refractivity contribution in [2.24, 2.45) is 0 Å². The van der Waals surface area contributed by atoms with Gasteiger partial charge in [0.25, 0.3) is 0 Å². The molecule has 0 saturated carbocycles. The molecule has 1 N–H and O–H groups in total. The van der Waals surface area contributed by atoms with Crippen LogP contribution in [-0.2, 0) is 13.1 Å². The molecule has 2 aromatic carbocycles. The van der Waals surface area contributed by atoms with Gasteiger partial charge in [-0.2, -0.15) is 0 Å². The standard InChI is InChI=1S/C18H23NO2/c1-21-18-10-8-17(9-11-18)15-19(12-5-13-20)14-16-6-3-2-4-7-16/h2-4,6-11,20H,5,12-15H2,1H3. The number of nitrogens with zero attached hydrogens (tertiary/aromatic N) is 1. The molecule has 0 atom stereocenters. The highest BCUT2D eigenvalue weighted by atomic mass is 16.5. The Bertz CT molecular complexity index is 511. The molecule has 0 aromatic heterocycles. The van der Waals surface area contributed by atoms with Crippen LogP contribution in [0.25, 0.3) is 0 Å². The fourth-order valence-electron chi connectivity index (χ4n) is 2.34. The second kappa shape index (κ2) is 8.45. The Morgan fingerprint density at radius 3 is 2.10 bits per heavy atom. The maximum Gasteiger partial charge on any atom is 0.118 e. The Morgan fingerprint density at radius 2 is 1.52 bits per heavy atom. The number of rotatable bonds is 8. The van der Waals surface area contributed by atoms with Crippen LogP contribution in [-0.4, -0.2) is 30.3 Å². The van der Waals surface area contributed by atoms with Gasteiger partial charge in [-0.1, -0.05) is 42.5 Å². The van der Waals surface area contributed by atoms with Crippen molar-refractivity contribution in [3.05, 3.63) is 65.7 Å². The summed E-state index contributed by atoms with van der Waals surface area (Å²) in [6.07, 6.45) is 0.795. The van der Waals surface area contributed by atoms with Crippen LogP contribution in [0, 0.1) is 0 Å². The first-order chi connectivity index (χ1) is 10.3. The first-order valence-electron chi connectivity index (χ1n) is 7.32. The average Bonchev–Trinajstić information content (AvgIpc) is 2.54. The van der Waals surface area contributed by atoms with Crippen molar-refractivity contribution < 1.29 is 9.84 Å². The number of methoxy groups -OCH3 is 1. The van der Waals surface area contributed by atoms with Crippen LogP contribution in [0.15, 0.2) is 54.6 Å². The smallest absolute Gasteiger partial charge is 0.118 e. The van der Waals surface area contributed by atoms with Crippen molar-refractivity contribution in [2.75, 3.05) is 20.3 Å². The Balaban J connectivity index is 2.00. The van der Waals surface area contributed by atoms with E-state index in [9.17, 15) is 0 Å². The molecule has 0 amide bonds. The summed E-state index contributed by atoms with van der Waals surface area (Å²) in [5.74, 6) is 0.878. The van der Waals surface area contributed by atoms with Gasteiger partial charge in [0, 0.05) is 26.2 Å². The zero-order valence-electron chi connectivity index (χ0n) is 12.5. The van der Waals surface area contributed by atoms with Gasteiger partial charge in [0.1, 0.15) is 5.75 Å². The third-order valence-electron chi connectivity index (χ3n) is 3.45. The van der Waals surface area contributed by atoms with E-state index in [4.69, 9.17) is 9.84 Å². The van der Waals surface area contributed by atoms with Gasteiger partial charge in [0.15, 0.2) is 0 Å². The summed E-state index contributed by atoms with van der Waals surface area (Å²) in [6.45, 7) is 2.89. The van der Waals surface area contributed by atoms with Crippen LogP contribution >= 0.6 is 0 Å². The van der Waals surface area contributed by atoms with Crippen LogP contribution in [0.2, 0.25) is 0 Å². The third-order valence-corrected chi connectivity index (χ3v) is 3.45. The molecule has 0 heterocycles. The molecule has 0 aliphatic rings. The highest BCUT2D eigenvalue weighted by molar-refractivity contribution is 5.27. The molecule has 0 bridgehead atoms. The molecule has 0 unspecified atom stereocenters. The Morgan fingerprint density at radius 1 is 0.905 bits per heavy atom. The second-order valence-electron chi connectivity index (χ2n) is 5.12. The highest BCUT2D eigenvalue weighted by Gasteiger charge is 2.07. The average molecular weight is 285 g/mol. The first-order valence-corrected chi connectivity index (χ1v) is 7.32. The van der Waals surface area contributed by atoms with E-state index in [1.165, 1.54) is 11.1 Å². The van der Waals surface area contributed by atoms with Crippen molar-refractivity contribution in [1.29, 1.82) is 0 Å². The van der Waals surface area contributed by atoms with Crippen molar-refractivity contribution in [3.8, 4) is 5.75 Å². The minimum absolute atomic E-state index is 0.230. The van der Waals surface area contributed by atoms with E-state index in [-0.39, 0.29) is 6.61 Å². The largest absolute Gasteiger partial charge is 0.497 e. The molecule has 0 spiro atoms. The number of ether oxygens (including phenoxy) is 1. The molecule has 2 rings (SSSR count). The van der Waals surface area contributed by atoms with E-state index in [1.807, 2.05) is 18.2 Å². The molecule has 0 fully saturated rings. The molecule has 0 radical (unpaired) electrons. The molecule has 0 aliphatic heterocycles. The van der Waals surface area contributed by atoms with Crippen LogP contribution in [0.3, 0.4) is 0 Å². The summed E-state index contributed by atoms with van der Waals surface area (Å²) in [4.78, 5) is 2.35. The van der Waals surface area contributed by atoms with E-state index in [1.54, 1.807) is 7.11 Å². The summed E-state index contributed by atoms with van der Waals surface area (Å²) in [5, 5.41) is 9.07. The summed E-state index contributed by atoms with van der Waals surface area (Å²) in [7, 11) is 1.68. The molecule has 2 aromatic rings. The monoisotopic (exact) mass is 285 g/mol. The van der Waals surface area contributed by atoms with Gasteiger partial charge in [-0.25, -0.2) is 0 Å². The quantitative estimate of drug-likeness (QED) is 0.809. The lowest BCUT2D eigenvalue weighted by Crippen LogP contribution is -2.24. The normalized spacial score (nSPS) is 10.8. The van der Waals surface area contributed by atoms with Gasteiger partial charge in [-0.3, -0.25) is 4.90 Å². The Hall–Kier alpha value is -1.84. The van der Waals surface area contributed by atoms with E-state index < -0.39 is 0 Å². The van der Waals surface area contributed by atoms with Gasteiger partial charge in [-0.15, -0.1) is 0 Å². The number of hydrogen-bond acceptors (Lipinski definition) is 3. The van der Waals surface area contributed by atoms with E-state index in [0.29, 0.717) is 0 Å². The topological polar surface area (TPSA) is 32.7 Å². The van der Waals surface area contributed by atoms with Crippen LogP contribution in [0.4, 0.5) is 0 Å². The predicted molar refractivity (Wildman–Crippen MR) is 85.3 cm³/mol. The van der Waals surface area contributed by atoms with Crippen LogP contribution in [0.1, 0.15) is 17.5 Å². The maximum atomic E-state index is 9.07. The SMILES string of the molecule is COc1ccc(CN(CCCO)Cc2ccccc2)cc1. The van der Waals surface area contributed by atoms with Crippen LogP contribution in [0.5, 0.6) is 5.75 Å². The zero-order valence-corrected chi connectivity index (χ0v) is 12.5. The number of benzene rings is 2. The summed E-state index contributed by atoms with van der Waals surface area (Å²) < 4.78 is 5.19. The molecule has 21 heavy (non-hydrogen) atoms. The number of aliphatic hydroxyl groups excluding tert-OH is 1. The molecular formula is C18H23NO2. The molecule has 3 nitrogen and oxygen atoms in total. The first kappa shape index (κ1) is 15.5. The van der Waals surface area contributed by atoms with Gasteiger partial charge in [-0.05, 0) is 29.7 Å². The van der Waals surface area contributed by atoms with Gasteiger partial charge in [0.05, 0.1) is 7.11 Å². The van der Waals surface area contributed by atoms with Crippen molar-refractivity contribution in [1.82, 2.24) is 4.90 Å². The van der Waals surface area contributed by atoms with Crippen molar-refractivity contribution in [3.63, 3.8) is 0 Å². The van der Waals surface area contributed by atoms with Gasteiger partial charge >= 0.3 is 0 Å². The summed E-state index contributed by atoms with van der Waals surface area (Å²) in [6, 6.07) is 18.6. The Labute approximate surface area is 126 Å². The van der Waals surface area contributed by atoms with E-state index in [2.05, 4.69) is 41.3 Å². The minimum Gasteiger partial charge on any atom is -0.497 e. The maximum absolute atomic E-state index is 9.07. The summed E-state index contributed by atoms with van der Waals surface area (Å²) in [5.41, 5.74) is 2.55. The molecule has 3 heteroatoms. The third kappa shape index (κ3) is 5.21. The highest BCUT2D eigenvalue weighted by Crippen LogP contribution is 2.15. The lowest BCUT2D eigenvalue weighted by Gasteiger charge is -2.22. The molecule has 0 saturated heterocycles. The van der Waals surface area contributed by atoms with Gasteiger partial charge < -0.3 is 9.84 Å². The van der Waals surface area contributed by atoms with Crippen molar-refractivity contribution >= 4 is 0 Å². The summed E-state index contributed by atoms with van der Waals surface area (Å²) >= 11 is 0. The fraction of sp³-hybridized carbons (Fsp3) is 0.333. The fourth-order valence-corrected chi connectivity index (χ4v) is 2.34. The second-order valence-corrected chi connectivity index (χ2v) is 5.12. The molecule has 0 aliphatic carbocycles. The van der Waals surface area contributed by atoms with Gasteiger partial charge in [0.2, 0.25) is 0 Å². The number of hydrogen-bond donors (Lipinski definition) is 1. The number of aliphatic hydroxyl groups is 1. The van der Waals surface area contributed by atoms with E-state index in [0.717, 1.165) is 31.8 Å². The Kier molecular flexibility index (Phi) is 6.25. The lowest BCUT2D eigenvalue weighted by molar-refractivity contribution is 0.212.